The third-order valence-corrected chi connectivity index (χ3v) is 4.76. The van der Waals surface area contributed by atoms with Crippen LogP contribution < -0.4 is 10.2 Å². The summed E-state index contributed by atoms with van der Waals surface area (Å²) < 4.78 is 4.99. The quantitative estimate of drug-likeness (QED) is 0.585. The van der Waals surface area contributed by atoms with Crippen molar-refractivity contribution in [2.45, 2.75) is 26.8 Å². The van der Waals surface area contributed by atoms with E-state index in [1.807, 2.05) is 19.1 Å². The summed E-state index contributed by atoms with van der Waals surface area (Å²) in [6.07, 6.45) is 0. The molecule has 1 aliphatic rings. The zero-order valence-electron chi connectivity index (χ0n) is 17.0. The van der Waals surface area contributed by atoms with Gasteiger partial charge in [0.25, 0.3) is 5.91 Å². The molecule has 0 radical (unpaired) electrons. The predicted octanol–water partition coefficient (Wildman–Crippen LogP) is 2.97. The summed E-state index contributed by atoms with van der Waals surface area (Å²) in [4.78, 5) is 52.4. The lowest BCUT2D eigenvalue weighted by Crippen LogP contribution is -2.39. The molecule has 1 N–H and O–H groups in total. The number of imide groups is 1. The average molecular weight is 409 g/mol. The van der Waals surface area contributed by atoms with Crippen LogP contribution >= 0.6 is 0 Å². The van der Waals surface area contributed by atoms with Gasteiger partial charge in [0.05, 0.1) is 17.9 Å². The van der Waals surface area contributed by atoms with Crippen molar-refractivity contribution in [3.63, 3.8) is 0 Å². The molecule has 1 fully saturated rings. The van der Waals surface area contributed by atoms with E-state index in [1.54, 1.807) is 44.2 Å². The molecule has 3 rings (SSSR count). The highest BCUT2D eigenvalue weighted by molar-refractivity contribution is 6.16. The van der Waals surface area contributed by atoms with Crippen LogP contribution in [-0.2, 0) is 14.3 Å². The average Bonchev–Trinajstić information content (AvgIpc) is 2.92. The standard InChI is InChI=1S/C22H23N3O5/c1-4-30-21(28)17-7-5-6-8-18(17)23-19(26)13-24-20(27)15(3)25(22(24)29)16-11-9-14(2)10-12-16/h5-12,15H,4,13H2,1-3H3,(H,23,26)/t15-/m1/s1. The zero-order chi connectivity index (χ0) is 21.8. The SMILES string of the molecule is CCOC(=O)c1ccccc1NC(=O)CN1C(=O)[C@@H](C)N(c2ccc(C)cc2)C1=O. The van der Waals surface area contributed by atoms with E-state index in [1.165, 1.54) is 11.0 Å². The summed E-state index contributed by atoms with van der Waals surface area (Å²) in [5.41, 5.74) is 2.06. The predicted molar refractivity (Wildman–Crippen MR) is 111 cm³/mol. The number of carbonyl (C=O) groups excluding carboxylic acids is 4. The van der Waals surface area contributed by atoms with Gasteiger partial charge in [-0.2, -0.15) is 0 Å². The summed E-state index contributed by atoms with van der Waals surface area (Å²) in [5, 5.41) is 2.59. The van der Waals surface area contributed by atoms with Crippen molar-refractivity contribution in [1.82, 2.24) is 4.90 Å². The third kappa shape index (κ3) is 4.17. The number of nitrogens with one attached hydrogen (secondary N) is 1. The summed E-state index contributed by atoms with van der Waals surface area (Å²) in [6.45, 7) is 4.97. The number of para-hydroxylation sites is 1. The molecule has 8 nitrogen and oxygen atoms in total. The highest BCUT2D eigenvalue weighted by Gasteiger charge is 2.44. The maximum atomic E-state index is 12.8. The number of nitrogens with zero attached hydrogens (tertiary/aromatic N) is 2. The van der Waals surface area contributed by atoms with Gasteiger partial charge in [0.1, 0.15) is 12.6 Å². The van der Waals surface area contributed by atoms with Gasteiger partial charge >= 0.3 is 12.0 Å². The summed E-state index contributed by atoms with van der Waals surface area (Å²) in [5.74, 6) is -1.62. The molecule has 4 amide bonds. The largest absolute Gasteiger partial charge is 0.462 e. The Hall–Kier alpha value is -3.68. The van der Waals surface area contributed by atoms with Gasteiger partial charge < -0.3 is 10.1 Å². The van der Waals surface area contributed by atoms with Gasteiger partial charge in [0.2, 0.25) is 5.91 Å². The number of benzene rings is 2. The number of carbonyl (C=O) groups is 4. The molecule has 1 heterocycles. The molecular formula is C22H23N3O5. The molecule has 30 heavy (non-hydrogen) atoms. The molecule has 1 aliphatic heterocycles. The molecule has 0 saturated carbocycles. The number of ether oxygens (including phenoxy) is 1. The number of hydrogen-bond donors (Lipinski definition) is 1. The molecule has 2 aromatic rings. The van der Waals surface area contributed by atoms with Gasteiger partial charge in [-0.25, -0.2) is 9.59 Å². The van der Waals surface area contributed by atoms with Crippen LogP contribution in [0.4, 0.5) is 16.2 Å². The number of anilines is 2. The first kappa shape index (κ1) is 21.0. The van der Waals surface area contributed by atoms with Gasteiger partial charge in [0.15, 0.2) is 0 Å². The van der Waals surface area contributed by atoms with Gasteiger partial charge in [-0.05, 0) is 45.0 Å². The first-order chi connectivity index (χ1) is 14.3. The van der Waals surface area contributed by atoms with Crippen LogP contribution in [0.2, 0.25) is 0 Å². The molecule has 0 spiro atoms. The van der Waals surface area contributed by atoms with E-state index in [0.29, 0.717) is 5.69 Å². The Kier molecular flexibility index (Phi) is 6.15. The summed E-state index contributed by atoms with van der Waals surface area (Å²) in [6, 6.07) is 12.3. The van der Waals surface area contributed by atoms with Gasteiger partial charge in [0, 0.05) is 5.69 Å². The fraction of sp³-hybridized carbons (Fsp3) is 0.273. The Balaban J connectivity index is 1.74. The normalized spacial score (nSPS) is 16.0. The molecule has 0 bridgehead atoms. The van der Waals surface area contributed by atoms with Crippen molar-refractivity contribution in [3.8, 4) is 0 Å². The molecule has 0 aliphatic carbocycles. The monoisotopic (exact) mass is 409 g/mol. The van der Waals surface area contributed by atoms with E-state index >= 15 is 0 Å². The van der Waals surface area contributed by atoms with Crippen molar-refractivity contribution in [3.05, 3.63) is 59.7 Å². The molecule has 2 aromatic carbocycles. The number of esters is 1. The number of urea groups is 1. The van der Waals surface area contributed by atoms with E-state index in [2.05, 4.69) is 5.32 Å². The highest BCUT2D eigenvalue weighted by Crippen LogP contribution is 2.26. The van der Waals surface area contributed by atoms with E-state index in [9.17, 15) is 19.2 Å². The maximum absolute atomic E-state index is 12.8. The molecule has 0 aromatic heterocycles. The Bertz CT molecular complexity index is 987. The number of hydrogen-bond acceptors (Lipinski definition) is 5. The van der Waals surface area contributed by atoms with Gasteiger partial charge in [-0.3, -0.25) is 19.4 Å². The Labute approximate surface area is 174 Å². The second-order valence-corrected chi connectivity index (χ2v) is 6.90. The van der Waals surface area contributed by atoms with Crippen LogP contribution in [0.3, 0.4) is 0 Å². The molecule has 1 saturated heterocycles. The molecule has 8 heteroatoms. The van der Waals surface area contributed by atoms with Crippen LogP contribution in [0.5, 0.6) is 0 Å². The van der Waals surface area contributed by atoms with Crippen molar-refractivity contribution >= 4 is 35.2 Å². The number of rotatable bonds is 6. The molecular weight excluding hydrogens is 386 g/mol. The number of aryl methyl sites for hydroxylation is 1. The lowest BCUT2D eigenvalue weighted by Gasteiger charge is -2.19. The van der Waals surface area contributed by atoms with Gasteiger partial charge in [-0.1, -0.05) is 29.8 Å². The fourth-order valence-electron chi connectivity index (χ4n) is 3.22. The minimum atomic E-state index is -0.722. The fourth-order valence-corrected chi connectivity index (χ4v) is 3.22. The van der Waals surface area contributed by atoms with Crippen LogP contribution in [0.15, 0.2) is 48.5 Å². The van der Waals surface area contributed by atoms with Crippen molar-refractivity contribution in [2.75, 3.05) is 23.4 Å². The van der Waals surface area contributed by atoms with E-state index in [0.717, 1.165) is 10.5 Å². The first-order valence-electron chi connectivity index (χ1n) is 9.60. The van der Waals surface area contributed by atoms with E-state index in [-0.39, 0.29) is 17.9 Å². The number of amides is 4. The van der Waals surface area contributed by atoms with Crippen LogP contribution in [-0.4, -0.2) is 47.9 Å². The Morgan fingerprint density at radius 2 is 1.73 bits per heavy atom. The Morgan fingerprint density at radius 3 is 2.40 bits per heavy atom. The van der Waals surface area contributed by atoms with E-state index < -0.39 is 36.4 Å². The zero-order valence-corrected chi connectivity index (χ0v) is 17.0. The minimum Gasteiger partial charge on any atom is -0.462 e. The van der Waals surface area contributed by atoms with Crippen molar-refractivity contribution < 1.29 is 23.9 Å². The second-order valence-electron chi connectivity index (χ2n) is 6.90. The Morgan fingerprint density at radius 1 is 1.07 bits per heavy atom. The first-order valence-corrected chi connectivity index (χ1v) is 9.60. The smallest absolute Gasteiger partial charge is 0.340 e. The lowest BCUT2D eigenvalue weighted by atomic mass is 10.2. The topological polar surface area (TPSA) is 96.0 Å². The lowest BCUT2D eigenvalue weighted by molar-refractivity contribution is -0.130. The van der Waals surface area contributed by atoms with Crippen LogP contribution in [0.25, 0.3) is 0 Å². The summed E-state index contributed by atoms with van der Waals surface area (Å²) in [7, 11) is 0. The highest BCUT2D eigenvalue weighted by atomic mass is 16.5. The maximum Gasteiger partial charge on any atom is 0.340 e. The van der Waals surface area contributed by atoms with Crippen LogP contribution in [0, 0.1) is 6.92 Å². The van der Waals surface area contributed by atoms with Crippen molar-refractivity contribution in [2.24, 2.45) is 0 Å². The van der Waals surface area contributed by atoms with E-state index in [4.69, 9.17) is 4.74 Å². The van der Waals surface area contributed by atoms with Gasteiger partial charge in [-0.15, -0.1) is 0 Å². The van der Waals surface area contributed by atoms with Crippen LogP contribution in [0.1, 0.15) is 29.8 Å². The third-order valence-electron chi connectivity index (χ3n) is 4.76. The molecule has 1 atom stereocenters. The second kappa shape index (κ2) is 8.77. The molecule has 0 unspecified atom stereocenters. The molecule has 156 valence electrons. The van der Waals surface area contributed by atoms with Crippen molar-refractivity contribution in [1.29, 1.82) is 0 Å². The summed E-state index contributed by atoms with van der Waals surface area (Å²) >= 11 is 0. The minimum absolute atomic E-state index is 0.196.